The zero-order valence-corrected chi connectivity index (χ0v) is 13.6. The Morgan fingerprint density at radius 2 is 2.14 bits per heavy atom. The molecule has 0 fully saturated rings. The zero-order valence-electron chi connectivity index (χ0n) is 13.6. The number of rotatable bonds is 8. The van der Waals surface area contributed by atoms with Crippen molar-refractivity contribution in [3.63, 3.8) is 0 Å². The van der Waals surface area contributed by atoms with Gasteiger partial charge in [0.2, 0.25) is 0 Å². The SMILES string of the molecule is C#CCNC(=NC)NCCCc1ccc(OC)c(OCC)c1. The molecule has 0 aliphatic rings. The Labute approximate surface area is 133 Å². The topological polar surface area (TPSA) is 54.9 Å². The van der Waals surface area contributed by atoms with Gasteiger partial charge < -0.3 is 20.1 Å². The molecule has 0 unspecified atom stereocenters. The van der Waals surface area contributed by atoms with E-state index in [9.17, 15) is 0 Å². The number of terminal acetylenes is 1. The summed E-state index contributed by atoms with van der Waals surface area (Å²) in [6, 6.07) is 6.04. The second-order valence-corrected chi connectivity index (χ2v) is 4.58. The van der Waals surface area contributed by atoms with Crippen molar-refractivity contribution in [3.8, 4) is 23.8 Å². The lowest BCUT2D eigenvalue weighted by Gasteiger charge is -2.12. The van der Waals surface area contributed by atoms with Gasteiger partial charge in [-0.15, -0.1) is 6.42 Å². The molecular formula is C17H25N3O2. The van der Waals surface area contributed by atoms with Gasteiger partial charge in [0.25, 0.3) is 0 Å². The van der Waals surface area contributed by atoms with Crippen LogP contribution in [0.15, 0.2) is 23.2 Å². The zero-order chi connectivity index (χ0) is 16.2. The summed E-state index contributed by atoms with van der Waals surface area (Å²) in [4.78, 5) is 4.09. The molecule has 1 aromatic carbocycles. The molecule has 2 N–H and O–H groups in total. The molecule has 5 heteroatoms. The van der Waals surface area contributed by atoms with E-state index in [0.29, 0.717) is 13.2 Å². The van der Waals surface area contributed by atoms with E-state index in [4.69, 9.17) is 15.9 Å². The first-order chi connectivity index (χ1) is 10.7. The van der Waals surface area contributed by atoms with E-state index < -0.39 is 0 Å². The van der Waals surface area contributed by atoms with Crippen molar-refractivity contribution in [3.05, 3.63) is 23.8 Å². The minimum absolute atomic E-state index is 0.468. The molecule has 0 spiro atoms. The molecule has 0 saturated carbocycles. The summed E-state index contributed by atoms with van der Waals surface area (Å²) in [5, 5.41) is 6.25. The molecule has 0 aliphatic heterocycles. The molecule has 5 nitrogen and oxygen atoms in total. The van der Waals surface area contributed by atoms with Crippen LogP contribution in [0.25, 0.3) is 0 Å². The highest BCUT2D eigenvalue weighted by molar-refractivity contribution is 5.79. The van der Waals surface area contributed by atoms with Gasteiger partial charge in [0.15, 0.2) is 17.5 Å². The van der Waals surface area contributed by atoms with Gasteiger partial charge in [-0.2, -0.15) is 0 Å². The van der Waals surface area contributed by atoms with E-state index in [1.165, 1.54) is 5.56 Å². The number of methoxy groups -OCH3 is 1. The Kier molecular flexibility index (Phi) is 8.36. The number of nitrogens with one attached hydrogen (secondary N) is 2. The summed E-state index contributed by atoms with van der Waals surface area (Å²) in [5.74, 6) is 4.80. The number of benzene rings is 1. The van der Waals surface area contributed by atoms with E-state index in [2.05, 4.69) is 27.6 Å². The predicted octanol–water partition coefficient (Wildman–Crippen LogP) is 1.82. The van der Waals surface area contributed by atoms with Crippen LogP contribution in [0, 0.1) is 12.3 Å². The molecule has 0 bridgehead atoms. The summed E-state index contributed by atoms with van der Waals surface area (Å²) >= 11 is 0. The van der Waals surface area contributed by atoms with Crippen molar-refractivity contribution in [2.75, 3.05) is 33.9 Å². The van der Waals surface area contributed by atoms with E-state index in [-0.39, 0.29) is 0 Å². The highest BCUT2D eigenvalue weighted by Crippen LogP contribution is 2.28. The number of guanidine groups is 1. The molecule has 0 amide bonds. The van der Waals surface area contributed by atoms with Gasteiger partial charge in [-0.1, -0.05) is 12.0 Å². The maximum atomic E-state index is 5.59. The third-order valence-corrected chi connectivity index (χ3v) is 3.04. The fourth-order valence-corrected chi connectivity index (χ4v) is 2.00. The molecule has 22 heavy (non-hydrogen) atoms. The number of aryl methyl sites for hydroxylation is 1. The molecule has 0 atom stereocenters. The summed E-state index contributed by atoms with van der Waals surface area (Å²) in [6.07, 6.45) is 7.14. The number of nitrogens with zero attached hydrogens (tertiary/aromatic N) is 1. The van der Waals surface area contributed by atoms with Crippen molar-refractivity contribution in [2.45, 2.75) is 19.8 Å². The molecule has 0 heterocycles. The molecular weight excluding hydrogens is 278 g/mol. The van der Waals surface area contributed by atoms with Crippen LogP contribution < -0.4 is 20.1 Å². The first kappa shape index (κ1) is 17.7. The van der Waals surface area contributed by atoms with Gasteiger partial charge in [0.1, 0.15) is 0 Å². The molecule has 1 aromatic rings. The lowest BCUT2D eigenvalue weighted by Crippen LogP contribution is -2.37. The second kappa shape index (κ2) is 10.4. The quantitative estimate of drug-likeness (QED) is 0.333. The van der Waals surface area contributed by atoms with Crippen LogP contribution >= 0.6 is 0 Å². The lowest BCUT2D eigenvalue weighted by atomic mass is 10.1. The Hall–Kier alpha value is -2.35. The monoisotopic (exact) mass is 303 g/mol. The molecule has 0 aliphatic carbocycles. The van der Waals surface area contributed by atoms with Crippen molar-refractivity contribution >= 4 is 5.96 Å². The van der Waals surface area contributed by atoms with Crippen LogP contribution in [0.4, 0.5) is 0 Å². The fraction of sp³-hybridized carbons (Fsp3) is 0.471. The summed E-state index contributed by atoms with van der Waals surface area (Å²) < 4.78 is 10.9. The number of ether oxygens (including phenoxy) is 2. The third-order valence-electron chi connectivity index (χ3n) is 3.04. The molecule has 1 rings (SSSR count). The van der Waals surface area contributed by atoms with E-state index in [1.54, 1.807) is 14.2 Å². The van der Waals surface area contributed by atoms with Gasteiger partial charge in [-0.05, 0) is 37.5 Å². The number of hydrogen-bond acceptors (Lipinski definition) is 3. The van der Waals surface area contributed by atoms with E-state index in [0.717, 1.165) is 36.8 Å². The van der Waals surface area contributed by atoms with Crippen molar-refractivity contribution in [1.29, 1.82) is 0 Å². The highest BCUT2D eigenvalue weighted by atomic mass is 16.5. The van der Waals surface area contributed by atoms with Crippen molar-refractivity contribution < 1.29 is 9.47 Å². The molecule has 0 radical (unpaired) electrons. The summed E-state index contributed by atoms with van der Waals surface area (Å²) in [6.45, 7) is 3.87. The maximum Gasteiger partial charge on any atom is 0.191 e. The summed E-state index contributed by atoms with van der Waals surface area (Å²) in [5.41, 5.74) is 1.22. The Morgan fingerprint density at radius 1 is 1.32 bits per heavy atom. The number of aliphatic imine (C=N–C) groups is 1. The second-order valence-electron chi connectivity index (χ2n) is 4.58. The van der Waals surface area contributed by atoms with Gasteiger partial charge in [0.05, 0.1) is 20.3 Å². The predicted molar refractivity (Wildman–Crippen MR) is 90.7 cm³/mol. The first-order valence-corrected chi connectivity index (χ1v) is 7.42. The highest BCUT2D eigenvalue weighted by Gasteiger charge is 2.05. The van der Waals surface area contributed by atoms with Gasteiger partial charge in [0, 0.05) is 13.6 Å². The standard InChI is InChI=1S/C17H25N3O2/c1-5-11-19-17(18-3)20-12-7-8-14-9-10-15(21-4)16(13-14)22-6-2/h1,9-10,13H,6-8,11-12H2,2-4H3,(H2,18,19,20). The van der Waals surface area contributed by atoms with E-state index >= 15 is 0 Å². The van der Waals surface area contributed by atoms with Crippen LogP contribution in [0.1, 0.15) is 18.9 Å². The largest absolute Gasteiger partial charge is 0.493 e. The van der Waals surface area contributed by atoms with Gasteiger partial charge >= 0.3 is 0 Å². The van der Waals surface area contributed by atoms with Crippen LogP contribution in [0.2, 0.25) is 0 Å². The Balaban J connectivity index is 2.45. The van der Waals surface area contributed by atoms with Gasteiger partial charge in [-0.3, -0.25) is 4.99 Å². The minimum atomic E-state index is 0.468. The molecule has 0 saturated heterocycles. The lowest BCUT2D eigenvalue weighted by molar-refractivity contribution is 0.310. The molecule has 120 valence electrons. The smallest absolute Gasteiger partial charge is 0.191 e. The van der Waals surface area contributed by atoms with Crippen molar-refractivity contribution in [1.82, 2.24) is 10.6 Å². The van der Waals surface area contributed by atoms with E-state index in [1.807, 2.05) is 19.1 Å². The van der Waals surface area contributed by atoms with Crippen molar-refractivity contribution in [2.24, 2.45) is 4.99 Å². The van der Waals surface area contributed by atoms with Crippen LogP contribution in [-0.4, -0.2) is 39.8 Å². The first-order valence-electron chi connectivity index (χ1n) is 7.42. The van der Waals surface area contributed by atoms with Crippen LogP contribution in [0.3, 0.4) is 0 Å². The number of hydrogen-bond donors (Lipinski definition) is 2. The summed E-state index contributed by atoms with van der Waals surface area (Å²) in [7, 11) is 3.37. The third kappa shape index (κ3) is 5.96. The Morgan fingerprint density at radius 3 is 2.77 bits per heavy atom. The van der Waals surface area contributed by atoms with Gasteiger partial charge in [-0.25, -0.2) is 0 Å². The maximum absolute atomic E-state index is 5.59. The average molecular weight is 303 g/mol. The molecule has 0 aromatic heterocycles. The fourth-order valence-electron chi connectivity index (χ4n) is 2.00. The van der Waals surface area contributed by atoms with Crippen LogP contribution in [0.5, 0.6) is 11.5 Å². The normalized spacial score (nSPS) is 10.7. The van der Waals surface area contributed by atoms with Crippen LogP contribution in [-0.2, 0) is 6.42 Å². The minimum Gasteiger partial charge on any atom is -0.493 e. The average Bonchev–Trinajstić information content (AvgIpc) is 2.55. The Bertz CT molecular complexity index is 521.